The molecule has 0 atom stereocenters. The van der Waals surface area contributed by atoms with Crippen LogP contribution in [0.2, 0.25) is 5.02 Å². The Balaban J connectivity index is 1.65. The highest BCUT2D eigenvalue weighted by atomic mass is 35.5. The molecule has 2 N–H and O–H groups in total. The second-order valence-corrected chi connectivity index (χ2v) is 5.93. The maximum absolute atomic E-state index is 11.9. The third kappa shape index (κ3) is 6.57. The Morgan fingerprint density at radius 3 is 2.32 bits per heavy atom. The van der Waals surface area contributed by atoms with E-state index in [0.717, 1.165) is 18.0 Å². The number of nitrogens with one attached hydrogen (secondary N) is 2. The van der Waals surface area contributed by atoms with Crippen molar-refractivity contribution in [2.45, 2.75) is 12.8 Å². The lowest BCUT2D eigenvalue weighted by Crippen LogP contribution is -2.23. The molecule has 0 saturated heterocycles. The van der Waals surface area contributed by atoms with E-state index in [9.17, 15) is 9.59 Å². The molecule has 0 radical (unpaired) electrons. The maximum atomic E-state index is 11.9. The number of methoxy groups -OCH3 is 1. The van der Waals surface area contributed by atoms with Crippen molar-refractivity contribution in [3.63, 3.8) is 0 Å². The van der Waals surface area contributed by atoms with Crippen LogP contribution in [0.15, 0.2) is 48.5 Å². The number of amides is 1. The van der Waals surface area contributed by atoms with E-state index in [1.807, 2.05) is 24.3 Å². The van der Waals surface area contributed by atoms with Gasteiger partial charge in [0.25, 0.3) is 0 Å². The number of benzene rings is 2. The van der Waals surface area contributed by atoms with Crippen LogP contribution in [0.3, 0.4) is 0 Å². The van der Waals surface area contributed by atoms with E-state index in [0.29, 0.717) is 24.2 Å². The summed E-state index contributed by atoms with van der Waals surface area (Å²) < 4.78 is 4.63. The summed E-state index contributed by atoms with van der Waals surface area (Å²) >= 11 is 5.85. The SMILES string of the molecule is COC(=O)c1ccc(NC(=O)CCNCCc2ccc(Cl)cc2)cc1. The molecule has 2 aromatic carbocycles. The van der Waals surface area contributed by atoms with Gasteiger partial charge in [-0.3, -0.25) is 4.79 Å². The molecule has 6 heteroatoms. The van der Waals surface area contributed by atoms with Gasteiger partial charge in [-0.15, -0.1) is 0 Å². The molecule has 2 rings (SSSR count). The quantitative estimate of drug-likeness (QED) is 0.560. The maximum Gasteiger partial charge on any atom is 0.337 e. The van der Waals surface area contributed by atoms with Crippen molar-refractivity contribution in [2.24, 2.45) is 0 Å². The molecule has 0 bridgehead atoms. The van der Waals surface area contributed by atoms with E-state index in [4.69, 9.17) is 11.6 Å². The van der Waals surface area contributed by atoms with Crippen molar-refractivity contribution in [1.29, 1.82) is 0 Å². The van der Waals surface area contributed by atoms with Crippen molar-refractivity contribution >= 4 is 29.2 Å². The Morgan fingerprint density at radius 2 is 1.68 bits per heavy atom. The number of anilines is 1. The van der Waals surface area contributed by atoms with Crippen LogP contribution in [0, 0.1) is 0 Å². The van der Waals surface area contributed by atoms with Gasteiger partial charge in [0, 0.05) is 23.7 Å². The molecule has 0 unspecified atom stereocenters. The van der Waals surface area contributed by atoms with Gasteiger partial charge in [-0.2, -0.15) is 0 Å². The molecule has 5 nitrogen and oxygen atoms in total. The molecule has 25 heavy (non-hydrogen) atoms. The number of ether oxygens (including phenoxy) is 1. The van der Waals surface area contributed by atoms with Gasteiger partial charge in [-0.25, -0.2) is 4.79 Å². The second kappa shape index (κ2) is 9.81. The van der Waals surface area contributed by atoms with E-state index in [-0.39, 0.29) is 5.91 Å². The zero-order chi connectivity index (χ0) is 18.1. The molecule has 0 aliphatic carbocycles. The molecule has 2 aromatic rings. The van der Waals surface area contributed by atoms with Crippen LogP contribution in [0.4, 0.5) is 5.69 Å². The van der Waals surface area contributed by atoms with Gasteiger partial charge in [-0.1, -0.05) is 23.7 Å². The molecule has 0 fully saturated rings. The Labute approximate surface area is 152 Å². The lowest BCUT2D eigenvalue weighted by Gasteiger charge is -2.07. The van der Waals surface area contributed by atoms with E-state index >= 15 is 0 Å². The van der Waals surface area contributed by atoms with Gasteiger partial charge in [0.15, 0.2) is 0 Å². The number of carbonyl (C=O) groups excluding carboxylic acids is 2. The largest absolute Gasteiger partial charge is 0.465 e. The monoisotopic (exact) mass is 360 g/mol. The van der Waals surface area contributed by atoms with Crippen LogP contribution < -0.4 is 10.6 Å². The number of hydrogen-bond acceptors (Lipinski definition) is 4. The zero-order valence-corrected chi connectivity index (χ0v) is 14.8. The first-order valence-electron chi connectivity index (χ1n) is 8.02. The van der Waals surface area contributed by atoms with Gasteiger partial charge in [-0.05, 0) is 54.9 Å². The molecule has 0 aromatic heterocycles. The number of hydrogen-bond donors (Lipinski definition) is 2. The van der Waals surface area contributed by atoms with E-state index < -0.39 is 5.97 Å². The molecular weight excluding hydrogens is 340 g/mol. The minimum Gasteiger partial charge on any atom is -0.465 e. The summed E-state index contributed by atoms with van der Waals surface area (Å²) in [5.41, 5.74) is 2.30. The van der Waals surface area contributed by atoms with Gasteiger partial charge >= 0.3 is 5.97 Å². The predicted octanol–water partition coefficient (Wildman–Crippen LogP) is 3.29. The fraction of sp³-hybridized carbons (Fsp3) is 0.263. The number of rotatable bonds is 8. The normalized spacial score (nSPS) is 10.3. The first-order valence-corrected chi connectivity index (χ1v) is 8.39. The topological polar surface area (TPSA) is 67.4 Å². The fourth-order valence-corrected chi connectivity index (χ4v) is 2.37. The minimum absolute atomic E-state index is 0.0789. The lowest BCUT2D eigenvalue weighted by molar-refractivity contribution is -0.116. The Hall–Kier alpha value is -2.37. The third-order valence-corrected chi connectivity index (χ3v) is 3.87. The molecular formula is C19H21ClN2O3. The van der Waals surface area contributed by atoms with E-state index in [2.05, 4.69) is 15.4 Å². The smallest absolute Gasteiger partial charge is 0.337 e. The van der Waals surface area contributed by atoms with Crippen LogP contribution in [-0.4, -0.2) is 32.1 Å². The Morgan fingerprint density at radius 1 is 1.00 bits per heavy atom. The summed E-state index contributed by atoms with van der Waals surface area (Å²) in [5, 5.41) is 6.77. The lowest BCUT2D eigenvalue weighted by atomic mass is 10.1. The molecule has 0 saturated carbocycles. The summed E-state index contributed by atoms with van der Waals surface area (Å²) in [6, 6.07) is 14.3. The average Bonchev–Trinajstić information content (AvgIpc) is 2.63. The molecule has 0 aliphatic heterocycles. The van der Waals surface area contributed by atoms with Crippen LogP contribution in [0.1, 0.15) is 22.3 Å². The number of esters is 1. The summed E-state index contributed by atoms with van der Waals surface area (Å²) in [5.74, 6) is -0.479. The van der Waals surface area contributed by atoms with Crippen LogP contribution in [0.5, 0.6) is 0 Å². The van der Waals surface area contributed by atoms with Crippen molar-refractivity contribution < 1.29 is 14.3 Å². The van der Waals surface area contributed by atoms with Crippen molar-refractivity contribution in [2.75, 3.05) is 25.5 Å². The number of halogens is 1. The van der Waals surface area contributed by atoms with Crippen molar-refractivity contribution in [3.8, 4) is 0 Å². The average molecular weight is 361 g/mol. The van der Waals surface area contributed by atoms with Crippen LogP contribution in [0.25, 0.3) is 0 Å². The van der Waals surface area contributed by atoms with Gasteiger partial charge in [0.1, 0.15) is 0 Å². The van der Waals surface area contributed by atoms with E-state index in [1.54, 1.807) is 24.3 Å². The summed E-state index contributed by atoms with van der Waals surface area (Å²) in [7, 11) is 1.33. The van der Waals surface area contributed by atoms with Crippen LogP contribution >= 0.6 is 11.6 Å². The highest BCUT2D eigenvalue weighted by molar-refractivity contribution is 6.30. The third-order valence-electron chi connectivity index (χ3n) is 3.62. The highest BCUT2D eigenvalue weighted by Crippen LogP contribution is 2.11. The summed E-state index contributed by atoms with van der Waals surface area (Å²) in [6.07, 6.45) is 1.26. The first-order chi connectivity index (χ1) is 12.1. The molecule has 0 heterocycles. The number of carbonyl (C=O) groups is 2. The van der Waals surface area contributed by atoms with Gasteiger partial charge in [0.2, 0.25) is 5.91 Å². The van der Waals surface area contributed by atoms with Gasteiger partial charge in [0.05, 0.1) is 12.7 Å². The Bertz CT molecular complexity index is 700. The minimum atomic E-state index is -0.400. The molecule has 1 amide bonds. The fourth-order valence-electron chi connectivity index (χ4n) is 2.24. The molecule has 0 spiro atoms. The predicted molar refractivity (Wildman–Crippen MR) is 99.1 cm³/mol. The van der Waals surface area contributed by atoms with Crippen molar-refractivity contribution in [3.05, 3.63) is 64.7 Å². The molecule has 0 aliphatic rings. The first kappa shape index (κ1) is 19.0. The van der Waals surface area contributed by atoms with Crippen LogP contribution in [-0.2, 0) is 16.0 Å². The van der Waals surface area contributed by atoms with Crippen molar-refractivity contribution in [1.82, 2.24) is 5.32 Å². The van der Waals surface area contributed by atoms with E-state index in [1.165, 1.54) is 12.7 Å². The highest BCUT2D eigenvalue weighted by Gasteiger charge is 2.06. The summed E-state index contributed by atoms with van der Waals surface area (Å²) in [4.78, 5) is 23.2. The standard InChI is InChI=1S/C19H21ClN2O3/c1-25-19(24)15-4-8-17(9-5-15)22-18(23)11-13-21-12-10-14-2-6-16(20)7-3-14/h2-9,21H,10-13H2,1H3,(H,22,23). The molecule has 132 valence electrons. The summed E-state index contributed by atoms with van der Waals surface area (Å²) in [6.45, 7) is 1.39. The van der Waals surface area contributed by atoms with Gasteiger partial charge < -0.3 is 15.4 Å². The zero-order valence-electron chi connectivity index (χ0n) is 14.0. The Kier molecular flexibility index (Phi) is 7.44. The second-order valence-electron chi connectivity index (χ2n) is 5.49.